The van der Waals surface area contributed by atoms with Crippen LogP contribution in [0.1, 0.15) is 25.5 Å². The van der Waals surface area contributed by atoms with E-state index in [4.69, 9.17) is 33.7 Å². The highest BCUT2D eigenvalue weighted by Crippen LogP contribution is 2.31. The molecule has 1 aromatic rings. The van der Waals surface area contributed by atoms with Crippen LogP contribution in [0.15, 0.2) is 18.2 Å². The molecule has 0 aliphatic carbocycles. The summed E-state index contributed by atoms with van der Waals surface area (Å²) in [7, 11) is 0. The summed E-state index contributed by atoms with van der Waals surface area (Å²) in [5, 5.41) is 11.0. The molecule has 0 saturated carbocycles. The van der Waals surface area contributed by atoms with Crippen molar-refractivity contribution >= 4 is 29.3 Å². The molecule has 0 heterocycles. The van der Waals surface area contributed by atoms with Crippen molar-refractivity contribution < 1.29 is 14.6 Å². The van der Waals surface area contributed by atoms with Gasteiger partial charge in [0, 0.05) is 15.6 Å². The van der Waals surface area contributed by atoms with E-state index in [2.05, 4.69) is 0 Å². The molecule has 0 fully saturated rings. The minimum Gasteiger partial charge on any atom is -0.443 e. The van der Waals surface area contributed by atoms with Crippen molar-refractivity contribution in [2.75, 3.05) is 0 Å². The van der Waals surface area contributed by atoms with Crippen molar-refractivity contribution in [1.29, 1.82) is 0 Å². The third-order valence-electron chi connectivity index (χ3n) is 2.50. The Morgan fingerprint density at radius 3 is 2.44 bits per heavy atom. The first kappa shape index (κ1) is 15.1. The molecule has 0 unspecified atom stereocenters. The van der Waals surface area contributed by atoms with Crippen molar-refractivity contribution in [2.24, 2.45) is 11.7 Å². The number of hydrogen-bond acceptors (Lipinski definition) is 3. The van der Waals surface area contributed by atoms with Crippen LogP contribution in [0.3, 0.4) is 0 Å². The summed E-state index contributed by atoms with van der Waals surface area (Å²) in [6, 6.07) is 4.71. The predicted molar refractivity (Wildman–Crippen MR) is 70.7 cm³/mol. The third kappa shape index (κ3) is 3.77. The molecule has 0 bridgehead atoms. The fourth-order valence-corrected chi connectivity index (χ4v) is 2.14. The maximum Gasteiger partial charge on any atom is 0.404 e. The minimum absolute atomic E-state index is 0.112. The Hall–Kier alpha value is -0.970. The van der Waals surface area contributed by atoms with Gasteiger partial charge in [-0.25, -0.2) is 4.79 Å². The molecule has 3 N–H and O–H groups in total. The molecule has 0 aliphatic heterocycles. The number of hydrogen-bond donors (Lipinski definition) is 2. The van der Waals surface area contributed by atoms with Gasteiger partial charge in [-0.05, 0) is 18.1 Å². The number of primary amides is 1. The first-order valence-electron chi connectivity index (χ1n) is 5.42. The first-order chi connectivity index (χ1) is 8.32. The maximum absolute atomic E-state index is 10.8. The van der Waals surface area contributed by atoms with Crippen LogP contribution in [0.5, 0.6) is 0 Å². The lowest BCUT2D eigenvalue weighted by Gasteiger charge is -2.26. The quantitative estimate of drug-likeness (QED) is 0.895. The predicted octanol–water partition coefficient (Wildman–Crippen LogP) is 3.15. The first-order valence-corrected chi connectivity index (χ1v) is 6.17. The average Bonchev–Trinajstić information content (AvgIpc) is 2.24. The van der Waals surface area contributed by atoms with Crippen molar-refractivity contribution in [2.45, 2.75) is 26.1 Å². The van der Waals surface area contributed by atoms with E-state index in [1.54, 1.807) is 26.0 Å². The Balaban J connectivity index is 3.01. The van der Waals surface area contributed by atoms with Crippen LogP contribution in [-0.2, 0) is 4.74 Å². The number of rotatable bonds is 4. The van der Waals surface area contributed by atoms with E-state index >= 15 is 0 Å². The summed E-state index contributed by atoms with van der Waals surface area (Å²) in [4.78, 5) is 10.8. The average molecular weight is 292 g/mol. The Morgan fingerprint density at radius 1 is 1.39 bits per heavy atom. The molecule has 2 atom stereocenters. The Bertz CT molecular complexity index is 437. The molecule has 4 nitrogen and oxygen atoms in total. The van der Waals surface area contributed by atoms with Gasteiger partial charge in [0.15, 0.2) is 0 Å². The SMILES string of the molecule is CC(C)[C@@H](OC(N)=O)[C@H](O)c1ccc(Cl)cc1Cl. The Labute approximate surface area is 116 Å². The van der Waals surface area contributed by atoms with Crippen LogP contribution in [-0.4, -0.2) is 17.3 Å². The van der Waals surface area contributed by atoms with Gasteiger partial charge < -0.3 is 15.6 Å². The van der Waals surface area contributed by atoms with E-state index in [0.29, 0.717) is 15.6 Å². The van der Waals surface area contributed by atoms with Gasteiger partial charge in [0.1, 0.15) is 12.2 Å². The van der Waals surface area contributed by atoms with Crippen LogP contribution < -0.4 is 5.73 Å². The highest BCUT2D eigenvalue weighted by molar-refractivity contribution is 6.35. The smallest absolute Gasteiger partial charge is 0.404 e. The minimum atomic E-state index is -1.05. The van der Waals surface area contributed by atoms with Gasteiger partial charge >= 0.3 is 6.09 Å². The van der Waals surface area contributed by atoms with Gasteiger partial charge in [0.25, 0.3) is 0 Å². The number of carbonyl (C=O) groups is 1. The monoisotopic (exact) mass is 291 g/mol. The van der Waals surface area contributed by atoms with Crippen LogP contribution in [0.4, 0.5) is 4.79 Å². The Kier molecular flexibility index (Phi) is 5.26. The molecule has 0 spiro atoms. The number of nitrogens with two attached hydrogens (primary N) is 1. The number of carbonyl (C=O) groups excluding carboxylic acids is 1. The number of benzene rings is 1. The largest absolute Gasteiger partial charge is 0.443 e. The van der Waals surface area contributed by atoms with Crippen molar-refractivity contribution in [1.82, 2.24) is 0 Å². The molecule has 0 aromatic heterocycles. The zero-order valence-electron chi connectivity index (χ0n) is 10.1. The normalized spacial score (nSPS) is 14.3. The summed E-state index contributed by atoms with van der Waals surface area (Å²) in [6.07, 6.45) is -2.75. The molecule has 1 amide bonds. The van der Waals surface area contributed by atoms with E-state index in [9.17, 15) is 9.90 Å². The molecule has 100 valence electrons. The fourth-order valence-electron chi connectivity index (χ4n) is 1.62. The third-order valence-corrected chi connectivity index (χ3v) is 3.06. The molecule has 0 radical (unpaired) electrons. The number of amides is 1. The zero-order valence-corrected chi connectivity index (χ0v) is 11.6. The molecule has 18 heavy (non-hydrogen) atoms. The second-order valence-corrected chi connectivity index (χ2v) is 5.10. The summed E-state index contributed by atoms with van der Waals surface area (Å²) < 4.78 is 4.91. The lowest BCUT2D eigenvalue weighted by Crippen LogP contribution is -2.32. The molecule has 1 aromatic carbocycles. The van der Waals surface area contributed by atoms with Gasteiger partial charge in [-0.15, -0.1) is 0 Å². The highest BCUT2D eigenvalue weighted by Gasteiger charge is 2.28. The zero-order chi connectivity index (χ0) is 13.9. The highest BCUT2D eigenvalue weighted by atomic mass is 35.5. The molecule has 0 aliphatic rings. The van der Waals surface area contributed by atoms with Crippen LogP contribution >= 0.6 is 23.2 Å². The van der Waals surface area contributed by atoms with Crippen molar-refractivity contribution in [3.63, 3.8) is 0 Å². The molecular weight excluding hydrogens is 277 g/mol. The van der Waals surface area contributed by atoms with Crippen molar-refractivity contribution in [3.8, 4) is 0 Å². The summed E-state index contributed by atoms with van der Waals surface area (Å²) in [5.41, 5.74) is 5.43. The topological polar surface area (TPSA) is 72.5 Å². The lowest BCUT2D eigenvalue weighted by atomic mass is 9.96. The van der Waals surface area contributed by atoms with E-state index in [1.165, 1.54) is 6.07 Å². The van der Waals surface area contributed by atoms with Crippen LogP contribution in [0, 0.1) is 5.92 Å². The molecule has 1 rings (SSSR count). The molecular formula is C12H15Cl2NO3. The van der Waals surface area contributed by atoms with Crippen molar-refractivity contribution in [3.05, 3.63) is 33.8 Å². The van der Waals surface area contributed by atoms with E-state index in [1.807, 2.05) is 0 Å². The second kappa shape index (κ2) is 6.27. The van der Waals surface area contributed by atoms with Gasteiger partial charge in [-0.3, -0.25) is 0 Å². The van der Waals surface area contributed by atoms with Gasteiger partial charge in [-0.2, -0.15) is 0 Å². The van der Waals surface area contributed by atoms with E-state index in [0.717, 1.165) is 0 Å². The van der Waals surface area contributed by atoms with Gasteiger partial charge in [0.05, 0.1) is 0 Å². The Morgan fingerprint density at radius 2 is 2.00 bits per heavy atom. The fraction of sp³-hybridized carbons (Fsp3) is 0.417. The molecule has 0 saturated heterocycles. The summed E-state index contributed by atoms with van der Waals surface area (Å²) >= 11 is 11.8. The van der Waals surface area contributed by atoms with E-state index in [-0.39, 0.29) is 5.92 Å². The van der Waals surface area contributed by atoms with Gasteiger partial charge in [0.2, 0.25) is 0 Å². The standard InChI is InChI=1S/C12H15Cl2NO3/c1-6(2)11(18-12(15)17)10(16)8-4-3-7(13)5-9(8)14/h3-6,10-11,16H,1-2H3,(H2,15,17)/t10-,11-/m1/s1. The van der Waals surface area contributed by atoms with Crippen LogP contribution in [0.25, 0.3) is 0 Å². The second-order valence-electron chi connectivity index (χ2n) is 4.26. The number of ether oxygens (including phenoxy) is 1. The van der Waals surface area contributed by atoms with E-state index < -0.39 is 18.3 Å². The number of halogens is 2. The summed E-state index contributed by atoms with van der Waals surface area (Å²) in [6.45, 7) is 3.61. The summed E-state index contributed by atoms with van der Waals surface area (Å²) in [5.74, 6) is -0.112. The van der Waals surface area contributed by atoms with Crippen LogP contribution in [0.2, 0.25) is 10.0 Å². The maximum atomic E-state index is 10.8. The number of aliphatic hydroxyl groups excluding tert-OH is 1. The number of aliphatic hydroxyl groups is 1. The molecule has 6 heteroatoms. The lowest BCUT2D eigenvalue weighted by molar-refractivity contribution is -0.0196. The van der Waals surface area contributed by atoms with Gasteiger partial charge in [-0.1, -0.05) is 43.1 Å².